The highest BCUT2D eigenvalue weighted by atomic mass is 16.5. The van der Waals surface area contributed by atoms with Crippen molar-refractivity contribution in [1.82, 2.24) is 19.6 Å². The second kappa shape index (κ2) is 6.43. The molecule has 0 spiro atoms. The number of anilines is 1. The molecule has 1 N–H and O–H groups in total. The molecule has 0 radical (unpaired) electrons. The summed E-state index contributed by atoms with van der Waals surface area (Å²) in [5.74, 6) is 0.720. The van der Waals surface area contributed by atoms with Crippen LogP contribution in [0, 0.1) is 5.92 Å². The minimum Gasteiger partial charge on any atom is -0.489 e. The Morgan fingerprint density at radius 1 is 1.39 bits per heavy atom. The summed E-state index contributed by atoms with van der Waals surface area (Å²) in [5, 5.41) is 6.88. The summed E-state index contributed by atoms with van der Waals surface area (Å²) in [6, 6.07) is 7.38. The van der Waals surface area contributed by atoms with Crippen molar-refractivity contribution in [3.05, 3.63) is 48.4 Å². The molecule has 0 fully saturated rings. The van der Waals surface area contributed by atoms with Crippen LogP contribution in [0.1, 0.15) is 19.4 Å². The lowest BCUT2D eigenvalue weighted by Gasteiger charge is -2.05. The Balaban J connectivity index is 1.72. The van der Waals surface area contributed by atoms with Crippen LogP contribution in [0.5, 0.6) is 5.75 Å². The summed E-state index contributed by atoms with van der Waals surface area (Å²) in [4.78, 5) is 20.0. The molecule has 118 valence electrons. The van der Waals surface area contributed by atoms with Crippen LogP contribution in [0.2, 0.25) is 0 Å². The van der Waals surface area contributed by atoms with Crippen molar-refractivity contribution in [2.45, 2.75) is 20.5 Å². The number of fused-ring (bicyclic) bond motifs is 1. The highest BCUT2D eigenvalue weighted by molar-refractivity contribution is 5.90. The number of amides is 1. The van der Waals surface area contributed by atoms with Crippen LogP contribution in [0.25, 0.3) is 5.65 Å². The van der Waals surface area contributed by atoms with Crippen molar-refractivity contribution in [3.63, 3.8) is 0 Å². The Morgan fingerprint density at radius 2 is 2.26 bits per heavy atom. The van der Waals surface area contributed by atoms with Crippen LogP contribution in [0.3, 0.4) is 0 Å². The molecule has 0 atom stereocenters. The van der Waals surface area contributed by atoms with Gasteiger partial charge in [0.25, 0.3) is 0 Å². The fourth-order valence-electron chi connectivity index (χ4n) is 1.91. The average Bonchev–Trinajstić information content (AvgIpc) is 2.95. The second-order valence-electron chi connectivity index (χ2n) is 5.39. The van der Waals surface area contributed by atoms with E-state index in [-0.39, 0.29) is 17.8 Å². The van der Waals surface area contributed by atoms with E-state index < -0.39 is 0 Å². The molecule has 0 aliphatic rings. The van der Waals surface area contributed by atoms with Gasteiger partial charge < -0.3 is 4.74 Å². The number of rotatable bonds is 5. The largest absolute Gasteiger partial charge is 0.489 e. The summed E-state index contributed by atoms with van der Waals surface area (Å²) in [7, 11) is 0. The van der Waals surface area contributed by atoms with Crippen LogP contribution in [0.15, 0.2) is 42.9 Å². The van der Waals surface area contributed by atoms with Gasteiger partial charge in [0.15, 0.2) is 5.65 Å². The zero-order valence-corrected chi connectivity index (χ0v) is 12.9. The van der Waals surface area contributed by atoms with Gasteiger partial charge in [-0.25, -0.2) is 4.52 Å². The zero-order chi connectivity index (χ0) is 16.2. The van der Waals surface area contributed by atoms with E-state index in [2.05, 4.69) is 20.4 Å². The molecule has 0 aliphatic carbocycles. The summed E-state index contributed by atoms with van der Waals surface area (Å²) in [6.07, 6.45) is 5.22. The van der Waals surface area contributed by atoms with Gasteiger partial charge in [0.2, 0.25) is 11.9 Å². The topological polar surface area (TPSA) is 81.4 Å². The molecule has 3 aromatic rings. The van der Waals surface area contributed by atoms with Crippen LogP contribution in [-0.2, 0) is 11.4 Å². The molecule has 3 aromatic heterocycles. The smallest absolute Gasteiger partial charge is 0.249 e. The van der Waals surface area contributed by atoms with Gasteiger partial charge in [-0.15, -0.1) is 5.10 Å². The maximum Gasteiger partial charge on any atom is 0.249 e. The number of carbonyl (C=O) groups is 1. The first-order valence-electron chi connectivity index (χ1n) is 7.31. The Morgan fingerprint density at radius 3 is 3.00 bits per heavy atom. The molecular formula is C16H17N5O2. The minimum atomic E-state index is -0.125. The highest BCUT2D eigenvalue weighted by Crippen LogP contribution is 2.16. The summed E-state index contributed by atoms with van der Waals surface area (Å²) in [6.45, 7) is 4.06. The molecule has 0 unspecified atom stereocenters. The van der Waals surface area contributed by atoms with Crippen LogP contribution < -0.4 is 10.1 Å². The van der Waals surface area contributed by atoms with E-state index in [4.69, 9.17) is 4.74 Å². The zero-order valence-electron chi connectivity index (χ0n) is 12.9. The monoisotopic (exact) mass is 311 g/mol. The SMILES string of the molecule is CC(C)C(=O)Nc1nc2cc(OCc3cccnc3)ccn2n1. The van der Waals surface area contributed by atoms with Gasteiger partial charge in [0.1, 0.15) is 12.4 Å². The van der Waals surface area contributed by atoms with Gasteiger partial charge >= 0.3 is 0 Å². The Kier molecular flexibility index (Phi) is 4.18. The first-order valence-corrected chi connectivity index (χ1v) is 7.31. The van der Waals surface area contributed by atoms with Gasteiger partial charge in [-0.05, 0) is 12.1 Å². The molecule has 7 nitrogen and oxygen atoms in total. The maximum absolute atomic E-state index is 11.7. The summed E-state index contributed by atoms with van der Waals surface area (Å²) in [5.41, 5.74) is 1.59. The normalized spacial score (nSPS) is 10.9. The van der Waals surface area contributed by atoms with Crippen LogP contribution in [0.4, 0.5) is 5.95 Å². The van der Waals surface area contributed by atoms with Crippen molar-refractivity contribution in [1.29, 1.82) is 0 Å². The standard InChI is InChI=1S/C16H17N5O2/c1-11(2)15(22)19-16-18-14-8-13(5-7-21(14)20-16)23-10-12-4-3-6-17-9-12/h3-9,11H,10H2,1-2H3,(H,19,20,22). The maximum atomic E-state index is 11.7. The number of ether oxygens (including phenoxy) is 1. The van der Waals surface area contributed by atoms with E-state index in [1.165, 1.54) is 0 Å². The fourth-order valence-corrected chi connectivity index (χ4v) is 1.91. The van der Waals surface area contributed by atoms with E-state index in [9.17, 15) is 4.79 Å². The third-order valence-electron chi connectivity index (χ3n) is 3.20. The Hall–Kier alpha value is -2.96. The van der Waals surface area contributed by atoms with E-state index in [1.54, 1.807) is 35.2 Å². The number of hydrogen-bond acceptors (Lipinski definition) is 5. The van der Waals surface area contributed by atoms with Crippen molar-refractivity contribution in [3.8, 4) is 5.75 Å². The minimum absolute atomic E-state index is 0.117. The predicted molar refractivity (Wildman–Crippen MR) is 85.0 cm³/mol. The third kappa shape index (κ3) is 3.63. The number of aromatic nitrogens is 4. The summed E-state index contributed by atoms with van der Waals surface area (Å²) >= 11 is 0. The van der Waals surface area contributed by atoms with Crippen LogP contribution >= 0.6 is 0 Å². The quantitative estimate of drug-likeness (QED) is 0.782. The van der Waals surface area contributed by atoms with Crippen molar-refractivity contribution >= 4 is 17.5 Å². The molecule has 3 heterocycles. The van der Waals surface area contributed by atoms with Crippen LogP contribution in [-0.4, -0.2) is 25.5 Å². The van der Waals surface area contributed by atoms with Crippen molar-refractivity contribution in [2.24, 2.45) is 5.92 Å². The lowest BCUT2D eigenvalue weighted by molar-refractivity contribution is -0.118. The van der Waals surface area contributed by atoms with E-state index in [0.29, 0.717) is 18.0 Å². The number of nitrogens with one attached hydrogen (secondary N) is 1. The number of hydrogen-bond donors (Lipinski definition) is 1. The molecular weight excluding hydrogens is 294 g/mol. The predicted octanol–water partition coefficient (Wildman–Crippen LogP) is 2.30. The average molecular weight is 311 g/mol. The van der Waals surface area contributed by atoms with Gasteiger partial charge in [0.05, 0.1) is 0 Å². The van der Waals surface area contributed by atoms with Crippen molar-refractivity contribution in [2.75, 3.05) is 5.32 Å². The summed E-state index contributed by atoms with van der Waals surface area (Å²) < 4.78 is 7.31. The van der Waals surface area contributed by atoms with Gasteiger partial charge in [-0.3, -0.25) is 15.1 Å². The van der Waals surface area contributed by atoms with Gasteiger partial charge in [-0.1, -0.05) is 19.9 Å². The van der Waals surface area contributed by atoms with Gasteiger partial charge in [0, 0.05) is 36.1 Å². The highest BCUT2D eigenvalue weighted by Gasteiger charge is 2.11. The lowest BCUT2D eigenvalue weighted by Crippen LogP contribution is -2.18. The van der Waals surface area contributed by atoms with E-state index in [1.807, 2.05) is 26.0 Å². The first-order chi connectivity index (χ1) is 11.1. The third-order valence-corrected chi connectivity index (χ3v) is 3.20. The molecule has 3 rings (SSSR count). The Bertz CT molecular complexity index is 814. The first kappa shape index (κ1) is 15.0. The number of pyridine rings is 2. The van der Waals surface area contributed by atoms with E-state index >= 15 is 0 Å². The molecule has 7 heteroatoms. The Labute approximate surface area is 133 Å². The molecule has 0 aliphatic heterocycles. The molecule has 1 amide bonds. The van der Waals surface area contributed by atoms with Gasteiger partial charge in [-0.2, -0.15) is 4.98 Å². The number of carbonyl (C=O) groups excluding carboxylic acids is 1. The lowest BCUT2D eigenvalue weighted by atomic mass is 10.2. The van der Waals surface area contributed by atoms with E-state index in [0.717, 1.165) is 5.56 Å². The fraction of sp³-hybridized carbons (Fsp3) is 0.250. The van der Waals surface area contributed by atoms with Crippen molar-refractivity contribution < 1.29 is 9.53 Å². The second-order valence-corrected chi connectivity index (χ2v) is 5.39. The molecule has 0 aromatic carbocycles. The number of nitrogens with zero attached hydrogens (tertiary/aromatic N) is 4. The molecule has 23 heavy (non-hydrogen) atoms. The molecule has 0 saturated heterocycles. The molecule has 0 saturated carbocycles. The molecule has 0 bridgehead atoms.